The number of piperidine rings is 1. The highest BCUT2D eigenvalue weighted by Crippen LogP contribution is 2.38. The van der Waals surface area contributed by atoms with Crippen LogP contribution in [0.2, 0.25) is 15.1 Å². The highest BCUT2D eigenvalue weighted by atomic mass is 79.9. The summed E-state index contributed by atoms with van der Waals surface area (Å²) >= 11 is 21.5. The van der Waals surface area contributed by atoms with Crippen LogP contribution in [-0.4, -0.2) is 37.9 Å². The lowest BCUT2D eigenvalue weighted by Gasteiger charge is -2.39. The SMILES string of the molecule is O=C1OCc2cc(Br)ccc2N1C1CCN(S(=O)(=O)c2ccc(Cl)c(Cl)c2Cl)CC1. The zero-order chi connectivity index (χ0) is 21.6. The van der Waals surface area contributed by atoms with Gasteiger partial charge in [0.2, 0.25) is 10.0 Å². The van der Waals surface area contributed by atoms with Crippen LogP contribution >= 0.6 is 50.7 Å². The monoisotopic (exact) mass is 552 g/mol. The van der Waals surface area contributed by atoms with Gasteiger partial charge in [0.25, 0.3) is 0 Å². The van der Waals surface area contributed by atoms with Crippen molar-refractivity contribution >= 4 is 72.5 Å². The molecule has 0 bridgehead atoms. The van der Waals surface area contributed by atoms with Gasteiger partial charge in [-0.05, 0) is 43.2 Å². The van der Waals surface area contributed by atoms with Crippen LogP contribution in [0, 0.1) is 0 Å². The Morgan fingerprint density at radius 3 is 2.43 bits per heavy atom. The maximum atomic E-state index is 13.1. The summed E-state index contributed by atoms with van der Waals surface area (Å²) in [4.78, 5) is 14.0. The molecule has 0 atom stereocenters. The van der Waals surface area contributed by atoms with E-state index in [1.165, 1.54) is 16.4 Å². The minimum Gasteiger partial charge on any atom is -0.444 e. The van der Waals surface area contributed by atoms with Gasteiger partial charge in [0, 0.05) is 29.2 Å². The predicted octanol–water partition coefficient (Wildman–Crippen LogP) is 5.72. The molecule has 0 saturated carbocycles. The van der Waals surface area contributed by atoms with Gasteiger partial charge in [0.15, 0.2) is 0 Å². The van der Waals surface area contributed by atoms with Gasteiger partial charge in [-0.2, -0.15) is 4.31 Å². The summed E-state index contributed by atoms with van der Waals surface area (Å²) in [6.45, 7) is 0.686. The number of ether oxygens (including phenoxy) is 1. The Morgan fingerprint density at radius 1 is 1.03 bits per heavy atom. The van der Waals surface area contributed by atoms with Crippen LogP contribution in [0.1, 0.15) is 18.4 Å². The summed E-state index contributed by atoms with van der Waals surface area (Å²) in [6, 6.07) is 8.26. The minimum atomic E-state index is -3.85. The van der Waals surface area contributed by atoms with Crippen molar-refractivity contribution in [3.8, 4) is 0 Å². The third kappa shape index (κ3) is 3.94. The molecule has 11 heteroatoms. The van der Waals surface area contributed by atoms with E-state index in [-0.39, 0.29) is 45.7 Å². The second kappa shape index (κ2) is 8.48. The molecule has 2 aliphatic rings. The normalized spacial score (nSPS) is 18.3. The lowest BCUT2D eigenvalue weighted by molar-refractivity contribution is 0.135. The van der Waals surface area contributed by atoms with Crippen molar-refractivity contribution in [2.75, 3.05) is 18.0 Å². The summed E-state index contributed by atoms with van der Waals surface area (Å²) in [6.07, 6.45) is 0.504. The number of cyclic esters (lactones) is 1. The van der Waals surface area contributed by atoms with E-state index in [4.69, 9.17) is 39.5 Å². The van der Waals surface area contributed by atoms with Crippen LogP contribution in [0.3, 0.4) is 0 Å². The van der Waals surface area contributed by atoms with E-state index in [9.17, 15) is 13.2 Å². The molecule has 1 saturated heterocycles. The number of nitrogens with zero attached hydrogens (tertiary/aromatic N) is 2. The maximum Gasteiger partial charge on any atom is 0.414 e. The van der Waals surface area contributed by atoms with E-state index in [2.05, 4.69) is 15.9 Å². The Kier molecular flexibility index (Phi) is 6.27. The number of halogens is 4. The molecule has 0 N–H and O–H groups in total. The van der Waals surface area contributed by atoms with Crippen LogP contribution in [0.5, 0.6) is 0 Å². The first-order valence-corrected chi connectivity index (χ1v) is 12.4. The number of hydrogen-bond donors (Lipinski definition) is 0. The predicted molar refractivity (Wildman–Crippen MR) is 120 cm³/mol. The molecule has 1 amide bonds. The molecule has 0 spiro atoms. The number of fused-ring (bicyclic) bond motifs is 1. The van der Waals surface area contributed by atoms with Gasteiger partial charge >= 0.3 is 6.09 Å². The zero-order valence-electron chi connectivity index (χ0n) is 15.4. The molecule has 1 fully saturated rings. The number of amides is 1. The van der Waals surface area contributed by atoms with Crippen LogP contribution < -0.4 is 4.90 Å². The molecule has 160 valence electrons. The van der Waals surface area contributed by atoms with Crippen molar-refractivity contribution in [2.45, 2.75) is 30.4 Å². The third-order valence-corrected chi connectivity index (χ3v) is 9.10. The molecular weight excluding hydrogens is 539 g/mol. The molecule has 0 unspecified atom stereocenters. The molecule has 4 rings (SSSR count). The summed E-state index contributed by atoms with van der Waals surface area (Å²) in [5.41, 5.74) is 1.70. The van der Waals surface area contributed by atoms with Gasteiger partial charge < -0.3 is 4.74 Å². The summed E-state index contributed by atoms with van der Waals surface area (Å²) < 4.78 is 33.7. The fourth-order valence-electron chi connectivity index (χ4n) is 3.75. The van der Waals surface area contributed by atoms with Crippen LogP contribution in [-0.2, 0) is 21.4 Å². The highest BCUT2D eigenvalue weighted by Gasteiger charge is 2.38. The second-order valence-electron chi connectivity index (χ2n) is 7.01. The molecule has 2 heterocycles. The molecule has 2 aromatic carbocycles. The van der Waals surface area contributed by atoms with E-state index in [0.717, 1.165) is 15.7 Å². The Labute approximate surface area is 197 Å². The fraction of sp³-hybridized carbons (Fsp3) is 0.316. The van der Waals surface area contributed by atoms with E-state index >= 15 is 0 Å². The van der Waals surface area contributed by atoms with Crippen LogP contribution in [0.4, 0.5) is 10.5 Å². The molecular formula is C19H16BrCl3N2O4S. The molecule has 6 nitrogen and oxygen atoms in total. The topological polar surface area (TPSA) is 66.9 Å². The molecule has 0 aromatic heterocycles. The van der Waals surface area contributed by atoms with Gasteiger partial charge in [-0.15, -0.1) is 0 Å². The largest absolute Gasteiger partial charge is 0.444 e. The number of rotatable bonds is 3. The number of carbonyl (C=O) groups excluding carboxylic acids is 1. The first-order valence-electron chi connectivity index (χ1n) is 9.08. The van der Waals surface area contributed by atoms with Gasteiger partial charge in [-0.1, -0.05) is 50.7 Å². The number of sulfonamides is 1. The average Bonchev–Trinajstić information content (AvgIpc) is 2.72. The van der Waals surface area contributed by atoms with Crippen LogP contribution in [0.15, 0.2) is 39.7 Å². The lowest BCUT2D eigenvalue weighted by Crippen LogP contribution is -2.50. The van der Waals surface area contributed by atoms with Crippen molar-refractivity contribution in [3.63, 3.8) is 0 Å². The Balaban J connectivity index is 1.55. The number of benzene rings is 2. The molecule has 0 aliphatic carbocycles. The van der Waals surface area contributed by atoms with Gasteiger partial charge in [-0.3, -0.25) is 4.90 Å². The first-order chi connectivity index (χ1) is 14.2. The quantitative estimate of drug-likeness (QED) is 0.456. The van der Waals surface area contributed by atoms with E-state index in [1.54, 1.807) is 4.90 Å². The first kappa shape index (κ1) is 22.2. The summed E-state index contributed by atoms with van der Waals surface area (Å²) in [7, 11) is -3.85. The molecule has 2 aromatic rings. The maximum absolute atomic E-state index is 13.1. The Hall–Kier alpha value is -1.03. The molecule has 30 heavy (non-hydrogen) atoms. The van der Waals surface area contributed by atoms with Crippen LogP contribution in [0.25, 0.3) is 0 Å². The molecule has 2 aliphatic heterocycles. The average molecular weight is 555 g/mol. The number of hydrogen-bond acceptors (Lipinski definition) is 4. The minimum absolute atomic E-state index is 0.00752. The van der Waals surface area contributed by atoms with Crippen molar-refractivity contribution < 1.29 is 17.9 Å². The number of carbonyl (C=O) groups is 1. The smallest absolute Gasteiger partial charge is 0.414 e. The van der Waals surface area contributed by atoms with Gasteiger partial charge in [0.05, 0.1) is 20.8 Å². The van der Waals surface area contributed by atoms with E-state index < -0.39 is 16.1 Å². The standard InChI is InChI=1S/C19H16BrCl3N2O4S/c20-12-1-3-15-11(9-12)10-29-19(26)25(15)13-5-7-24(8-6-13)30(27,28)16-4-2-14(21)17(22)18(16)23/h1-4,9,13H,5-8,10H2. The van der Waals surface area contributed by atoms with Gasteiger partial charge in [0.1, 0.15) is 11.5 Å². The zero-order valence-corrected chi connectivity index (χ0v) is 20.1. The van der Waals surface area contributed by atoms with Crippen molar-refractivity contribution in [2.24, 2.45) is 0 Å². The number of anilines is 1. The Bertz CT molecular complexity index is 1120. The third-order valence-electron chi connectivity index (χ3n) is 5.26. The van der Waals surface area contributed by atoms with Crippen molar-refractivity contribution in [1.29, 1.82) is 0 Å². The van der Waals surface area contributed by atoms with Crippen molar-refractivity contribution in [3.05, 3.63) is 55.4 Å². The summed E-state index contributed by atoms with van der Waals surface area (Å²) in [5.74, 6) is 0. The fourth-order valence-corrected chi connectivity index (χ4v) is 6.58. The lowest BCUT2D eigenvalue weighted by atomic mass is 10.0. The van der Waals surface area contributed by atoms with Crippen molar-refractivity contribution in [1.82, 2.24) is 4.31 Å². The molecule has 0 radical (unpaired) electrons. The Morgan fingerprint density at radius 2 is 1.73 bits per heavy atom. The van der Waals surface area contributed by atoms with Gasteiger partial charge in [-0.25, -0.2) is 13.2 Å². The second-order valence-corrected chi connectivity index (χ2v) is 11.0. The van der Waals surface area contributed by atoms with E-state index in [1.807, 2.05) is 18.2 Å². The highest BCUT2D eigenvalue weighted by molar-refractivity contribution is 9.10. The summed E-state index contributed by atoms with van der Waals surface area (Å²) in [5, 5.41) is 0.103. The van der Waals surface area contributed by atoms with E-state index in [0.29, 0.717) is 12.8 Å².